The van der Waals surface area contributed by atoms with Gasteiger partial charge in [-0.05, 0) is 19.1 Å². The van der Waals surface area contributed by atoms with Crippen LogP contribution in [0.5, 0.6) is 0 Å². The number of anilines is 1. The molecule has 0 radical (unpaired) electrons. The van der Waals surface area contributed by atoms with Crippen molar-refractivity contribution < 1.29 is 14.3 Å². The number of carboxylic acid groups (broad SMARTS) is 1. The maximum Gasteiger partial charge on any atom is 0.341 e. The SMILES string of the molecule is Cc1ncc(C(=O)O)c(NCc2ccco2)n1. The zero-order valence-corrected chi connectivity index (χ0v) is 9.17. The molecule has 2 rings (SSSR count). The van der Waals surface area contributed by atoms with E-state index >= 15 is 0 Å². The molecular weight excluding hydrogens is 222 g/mol. The van der Waals surface area contributed by atoms with E-state index in [-0.39, 0.29) is 5.56 Å². The van der Waals surface area contributed by atoms with Gasteiger partial charge >= 0.3 is 5.97 Å². The minimum atomic E-state index is -1.06. The molecule has 2 aromatic rings. The molecule has 0 saturated carbocycles. The fraction of sp³-hybridized carbons (Fsp3) is 0.182. The molecule has 0 aromatic carbocycles. The van der Waals surface area contributed by atoms with Gasteiger partial charge in [-0.25, -0.2) is 14.8 Å². The molecule has 0 fully saturated rings. The van der Waals surface area contributed by atoms with E-state index in [0.717, 1.165) is 0 Å². The summed E-state index contributed by atoms with van der Waals surface area (Å²) >= 11 is 0. The number of carbonyl (C=O) groups is 1. The summed E-state index contributed by atoms with van der Waals surface area (Å²) in [5.41, 5.74) is 0.0437. The lowest BCUT2D eigenvalue weighted by Gasteiger charge is -2.07. The second-order valence-corrected chi connectivity index (χ2v) is 3.42. The summed E-state index contributed by atoms with van der Waals surface area (Å²) in [6.45, 7) is 2.08. The predicted octanol–water partition coefficient (Wildman–Crippen LogP) is 1.69. The van der Waals surface area contributed by atoms with Gasteiger partial charge in [0.25, 0.3) is 0 Å². The summed E-state index contributed by atoms with van der Waals surface area (Å²) in [5.74, 6) is 0.447. The van der Waals surface area contributed by atoms with E-state index in [1.807, 2.05) is 0 Å². The van der Waals surface area contributed by atoms with Crippen LogP contribution in [-0.4, -0.2) is 21.0 Å². The largest absolute Gasteiger partial charge is 0.477 e. The van der Waals surface area contributed by atoms with Gasteiger partial charge in [0.1, 0.15) is 23.0 Å². The first kappa shape index (κ1) is 11.1. The third kappa shape index (κ3) is 2.60. The number of aromatic carboxylic acids is 1. The number of aromatic nitrogens is 2. The van der Waals surface area contributed by atoms with Gasteiger partial charge in [0, 0.05) is 6.20 Å². The number of nitrogens with one attached hydrogen (secondary N) is 1. The number of carboxylic acids is 1. The quantitative estimate of drug-likeness (QED) is 0.835. The molecule has 0 aliphatic carbocycles. The highest BCUT2D eigenvalue weighted by Crippen LogP contribution is 2.13. The Bertz CT molecular complexity index is 523. The van der Waals surface area contributed by atoms with Crippen molar-refractivity contribution in [2.75, 3.05) is 5.32 Å². The Morgan fingerprint density at radius 3 is 3.06 bits per heavy atom. The maximum absolute atomic E-state index is 11.0. The Morgan fingerprint density at radius 1 is 1.59 bits per heavy atom. The van der Waals surface area contributed by atoms with Crippen molar-refractivity contribution in [1.82, 2.24) is 9.97 Å². The zero-order valence-electron chi connectivity index (χ0n) is 9.17. The molecular formula is C11H11N3O3. The monoisotopic (exact) mass is 233 g/mol. The van der Waals surface area contributed by atoms with Crippen molar-refractivity contribution in [2.45, 2.75) is 13.5 Å². The van der Waals surface area contributed by atoms with Crippen LogP contribution < -0.4 is 5.32 Å². The number of furan rings is 1. The molecule has 88 valence electrons. The van der Waals surface area contributed by atoms with E-state index in [1.165, 1.54) is 6.20 Å². The molecule has 0 atom stereocenters. The average molecular weight is 233 g/mol. The standard InChI is InChI=1S/C11H11N3O3/c1-7-12-6-9(11(15)16)10(14-7)13-5-8-3-2-4-17-8/h2-4,6H,5H2,1H3,(H,15,16)(H,12,13,14). The van der Waals surface area contributed by atoms with Crippen molar-refractivity contribution in [2.24, 2.45) is 0 Å². The molecule has 0 unspecified atom stereocenters. The Kier molecular flexibility index (Phi) is 3.04. The van der Waals surface area contributed by atoms with Gasteiger partial charge in [-0.3, -0.25) is 0 Å². The number of nitrogens with zero attached hydrogens (tertiary/aromatic N) is 2. The van der Waals surface area contributed by atoms with E-state index < -0.39 is 5.97 Å². The molecule has 0 saturated heterocycles. The van der Waals surface area contributed by atoms with Crippen molar-refractivity contribution in [3.05, 3.63) is 41.7 Å². The van der Waals surface area contributed by atoms with Crippen LogP contribution in [0.2, 0.25) is 0 Å². The van der Waals surface area contributed by atoms with E-state index in [0.29, 0.717) is 23.9 Å². The Balaban J connectivity index is 2.19. The van der Waals surface area contributed by atoms with Crippen LogP contribution in [0, 0.1) is 6.92 Å². The molecule has 0 amide bonds. The second kappa shape index (κ2) is 4.65. The molecule has 2 heterocycles. The molecule has 2 N–H and O–H groups in total. The first-order chi connectivity index (χ1) is 8.16. The molecule has 0 aliphatic rings. The van der Waals surface area contributed by atoms with E-state index in [4.69, 9.17) is 9.52 Å². The summed E-state index contributed by atoms with van der Waals surface area (Å²) < 4.78 is 5.13. The average Bonchev–Trinajstić information content (AvgIpc) is 2.78. The molecule has 0 spiro atoms. The first-order valence-corrected chi connectivity index (χ1v) is 5.00. The summed E-state index contributed by atoms with van der Waals surface area (Å²) in [4.78, 5) is 18.9. The number of rotatable bonds is 4. The number of hydrogen-bond acceptors (Lipinski definition) is 5. The molecule has 6 heteroatoms. The van der Waals surface area contributed by atoms with Crippen molar-refractivity contribution >= 4 is 11.8 Å². The summed E-state index contributed by atoms with van der Waals surface area (Å²) in [7, 11) is 0. The van der Waals surface area contributed by atoms with Gasteiger partial charge in [0.15, 0.2) is 0 Å². The molecule has 2 aromatic heterocycles. The normalized spacial score (nSPS) is 10.2. The van der Waals surface area contributed by atoms with Gasteiger partial charge < -0.3 is 14.8 Å². The van der Waals surface area contributed by atoms with Gasteiger partial charge in [0.2, 0.25) is 0 Å². The van der Waals surface area contributed by atoms with Crippen LogP contribution in [0.4, 0.5) is 5.82 Å². The van der Waals surface area contributed by atoms with Gasteiger partial charge in [-0.1, -0.05) is 0 Å². The van der Waals surface area contributed by atoms with Crippen LogP contribution in [0.15, 0.2) is 29.0 Å². The smallest absolute Gasteiger partial charge is 0.341 e. The molecule has 0 aliphatic heterocycles. The molecule has 0 bridgehead atoms. The summed E-state index contributed by atoms with van der Waals surface area (Å²) in [5, 5.41) is 11.9. The lowest BCUT2D eigenvalue weighted by atomic mass is 10.3. The van der Waals surface area contributed by atoms with Crippen molar-refractivity contribution in [3.63, 3.8) is 0 Å². The van der Waals surface area contributed by atoms with Crippen LogP contribution >= 0.6 is 0 Å². The summed E-state index contributed by atoms with van der Waals surface area (Å²) in [6.07, 6.45) is 2.84. The van der Waals surface area contributed by atoms with Crippen LogP contribution in [-0.2, 0) is 6.54 Å². The highest BCUT2D eigenvalue weighted by Gasteiger charge is 2.12. The van der Waals surface area contributed by atoms with E-state index in [1.54, 1.807) is 25.3 Å². The summed E-state index contributed by atoms with van der Waals surface area (Å²) in [6, 6.07) is 3.56. The Hall–Kier alpha value is -2.37. The first-order valence-electron chi connectivity index (χ1n) is 5.00. The van der Waals surface area contributed by atoms with Gasteiger partial charge in [0.05, 0.1) is 12.8 Å². The number of aryl methyl sites for hydroxylation is 1. The second-order valence-electron chi connectivity index (χ2n) is 3.42. The zero-order chi connectivity index (χ0) is 12.3. The molecule has 6 nitrogen and oxygen atoms in total. The maximum atomic E-state index is 11.0. The highest BCUT2D eigenvalue weighted by atomic mass is 16.4. The lowest BCUT2D eigenvalue weighted by Crippen LogP contribution is -2.09. The number of hydrogen-bond donors (Lipinski definition) is 2. The van der Waals surface area contributed by atoms with Crippen molar-refractivity contribution in [1.29, 1.82) is 0 Å². The Labute approximate surface area is 97.3 Å². The van der Waals surface area contributed by atoms with Crippen LogP contribution in [0.25, 0.3) is 0 Å². The van der Waals surface area contributed by atoms with E-state index in [9.17, 15) is 4.79 Å². The van der Waals surface area contributed by atoms with Crippen molar-refractivity contribution in [3.8, 4) is 0 Å². The van der Waals surface area contributed by atoms with Gasteiger partial charge in [-0.2, -0.15) is 0 Å². The topological polar surface area (TPSA) is 88.2 Å². The third-order valence-corrected chi connectivity index (χ3v) is 2.15. The third-order valence-electron chi connectivity index (χ3n) is 2.15. The minimum Gasteiger partial charge on any atom is -0.477 e. The molecule has 17 heavy (non-hydrogen) atoms. The minimum absolute atomic E-state index is 0.0437. The predicted molar refractivity (Wildman–Crippen MR) is 59.8 cm³/mol. The van der Waals surface area contributed by atoms with Gasteiger partial charge in [-0.15, -0.1) is 0 Å². The fourth-order valence-corrected chi connectivity index (χ4v) is 1.35. The Morgan fingerprint density at radius 2 is 2.41 bits per heavy atom. The highest BCUT2D eigenvalue weighted by molar-refractivity contribution is 5.92. The van der Waals surface area contributed by atoms with Crippen LogP contribution in [0.3, 0.4) is 0 Å². The van der Waals surface area contributed by atoms with E-state index in [2.05, 4.69) is 15.3 Å². The fourth-order valence-electron chi connectivity index (χ4n) is 1.35. The van der Waals surface area contributed by atoms with Crippen LogP contribution in [0.1, 0.15) is 21.9 Å². The lowest BCUT2D eigenvalue weighted by molar-refractivity contribution is 0.0697.